The molecule has 0 amide bonds. The lowest BCUT2D eigenvalue weighted by atomic mass is 10.1. The van der Waals surface area contributed by atoms with E-state index in [-0.39, 0.29) is 0 Å². The minimum Gasteiger partial charge on any atom is -0.243 e. The molecule has 1 fully saturated rings. The number of alkyl halides is 1. The molecule has 0 nitrogen and oxygen atoms in total. The molecule has 0 aromatic carbocycles. The summed E-state index contributed by atoms with van der Waals surface area (Å²) in [6.45, 7) is 1.67. The normalized spacial score (nSPS) is 42.0. The van der Waals surface area contributed by atoms with E-state index in [0.717, 1.165) is 12.2 Å². The highest BCUT2D eigenvalue weighted by Crippen LogP contribution is 2.30. The Balaban J connectivity index is 2.40. The first-order chi connectivity index (χ1) is 3.21. The zero-order valence-corrected chi connectivity index (χ0v) is 5.22. The summed E-state index contributed by atoms with van der Waals surface area (Å²) in [5, 5.41) is 0. The summed E-state index contributed by atoms with van der Waals surface area (Å²) in [5.41, 5.74) is -0.843. The van der Waals surface area contributed by atoms with Gasteiger partial charge >= 0.3 is 0 Å². The third-order valence-corrected chi connectivity index (χ3v) is 2.47. The van der Waals surface area contributed by atoms with Crippen molar-refractivity contribution in [2.24, 2.45) is 0 Å². The van der Waals surface area contributed by atoms with Gasteiger partial charge in [0.1, 0.15) is 5.67 Å². The van der Waals surface area contributed by atoms with Crippen LogP contribution in [0.2, 0.25) is 0 Å². The van der Waals surface area contributed by atoms with Crippen molar-refractivity contribution in [2.75, 3.05) is 11.5 Å². The summed E-state index contributed by atoms with van der Waals surface area (Å²) in [6, 6.07) is 0. The molecule has 1 unspecified atom stereocenters. The second kappa shape index (κ2) is 1.66. The molecular formula is C5H9FS. The van der Waals surface area contributed by atoms with E-state index in [0.29, 0.717) is 5.75 Å². The lowest BCUT2D eigenvalue weighted by molar-refractivity contribution is 0.227. The van der Waals surface area contributed by atoms with E-state index < -0.39 is 5.67 Å². The Labute approximate surface area is 47.5 Å². The fraction of sp³-hybridized carbons (Fsp3) is 1.00. The number of hydrogen-bond acceptors (Lipinski definition) is 1. The minimum atomic E-state index is -0.843. The van der Waals surface area contributed by atoms with E-state index in [1.165, 1.54) is 0 Å². The molecule has 1 aliphatic rings. The smallest absolute Gasteiger partial charge is 0.118 e. The Bertz CT molecular complexity index is 62.5. The molecule has 2 heteroatoms. The highest BCUT2D eigenvalue weighted by Gasteiger charge is 2.27. The zero-order valence-electron chi connectivity index (χ0n) is 4.41. The highest BCUT2D eigenvalue weighted by atomic mass is 32.2. The number of thioether (sulfide) groups is 1. The Hall–Kier alpha value is 0.280. The van der Waals surface area contributed by atoms with Gasteiger partial charge in [0, 0.05) is 5.75 Å². The van der Waals surface area contributed by atoms with Gasteiger partial charge in [-0.2, -0.15) is 11.8 Å². The molecule has 0 radical (unpaired) electrons. The number of hydrogen-bond donors (Lipinski definition) is 0. The second-order valence-electron chi connectivity index (χ2n) is 2.22. The topological polar surface area (TPSA) is 0 Å². The van der Waals surface area contributed by atoms with Gasteiger partial charge in [0.2, 0.25) is 0 Å². The predicted molar refractivity (Wildman–Crippen MR) is 31.5 cm³/mol. The molecule has 1 atom stereocenters. The molecule has 0 bridgehead atoms. The Morgan fingerprint density at radius 1 is 1.71 bits per heavy atom. The summed E-state index contributed by atoms with van der Waals surface area (Å²) < 4.78 is 12.6. The molecule has 0 aromatic heterocycles. The van der Waals surface area contributed by atoms with Gasteiger partial charge < -0.3 is 0 Å². The standard InChI is InChI=1S/C5H9FS/c1-5(6)2-3-7-4-5/h2-4H2,1H3. The summed E-state index contributed by atoms with van der Waals surface area (Å²) in [6.07, 6.45) is 0.748. The highest BCUT2D eigenvalue weighted by molar-refractivity contribution is 7.99. The van der Waals surface area contributed by atoms with Crippen molar-refractivity contribution < 1.29 is 4.39 Å². The van der Waals surface area contributed by atoms with Gasteiger partial charge in [0.25, 0.3) is 0 Å². The van der Waals surface area contributed by atoms with E-state index in [4.69, 9.17) is 0 Å². The van der Waals surface area contributed by atoms with Gasteiger partial charge in [0.15, 0.2) is 0 Å². The Morgan fingerprint density at radius 2 is 2.43 bits per heavy atom. The molecule has 7 heavy (non-hydrogen) atoms. The average molecular weight is 120 g/mol. The molecule has 0 saturated carbocycles. The first-order valence-corrected chi connectivity index (χ1v) is 3.63. The monoisotopic (exact) mass is 120 g/mol. The van der Waals surface area contributed by atoms with Crippen LogP contribution < -0.4 is 0 Å². The first-order valence-electron chi connectivity index (χ1n) is 2.47. The quantitative estimate of drug-likeness (QED) is 0.470. The van der Waals surface area contributed by atoms with Crippen LogP contribution in [0.1, 0.15) is 13.3 Å². The maximum atomic E-state index is 12.6. The van der Waals surface area contributed by atoms with Crippen molar-refractivity contribution in [3.05, 3.63) is 0 Å². The van der Waals surface area contributed by atoms with Crippen LogP contribution in [0.15, 0.2) is 0 Å². The van der Waals surface area contributed by atoms with Crippen LogP contribution >= 0.6 is 11.8 Å². The Morgan fingerprint density at radius 3 is 2.57 bits per heavy atom. The maximum absolute atomic E-state index is 12.6. The summed E-state index contributed by atoms with van der Waals surface area (Å²) in [5.74, 6) is 1.71. The van der Waals surface area contributed by atoms with Crippen molar-refractivity contribution in [3.8, 4) is 0 Å². The van der Waals surface area contributed by atoms with E-state index in [9.17, 15) is 4.39 Å². The van der Waals surface area contributed by atoms with Crippen LogP contribution in [0.4, 0.5) is 4.39 Å². The molecule has 1 heterocycles. The molecule has 0 aromatic rings. The predicted octanol–water partition coefficient (Wildman–Crippen LogP) is 1.85. The van der Waals surface area contributed by atoms with Crippen LogP contribution in [0.25, 0.3) is 0 Å². The zero-order chi connectivity index (χ0) is 5.33. The van der Waals surface area contributed by atoms with Crippen LogP contribution in [-0.4, -0.2) is 17.2 Å². The van der Waals surface area contributed by atoms with Gasteiger partial charge in [-0.15, -0.1) is 0 Å². The molecular weight excluding hydrogens is 111 g/mol. The van der Waals surface area contributed by atoms with E-state index in [1.54, 1.807) is 18.7 Å². The Kier molecular flexibility index (Phi) is 1.28. The lowest BCUT2D eigenvalue weighted by Crippen LogP contribution is -2.14. The molecule has 0 aliphatic carbocycles. The second-order valence-corrected chi connectivity index (χ2v) is 3.32. The molecule has 0 spiro atoms. The molecule has 1 rings (SSSR count). The van der Waals surface area contributed by atoms with E-state index in [2.05, 4.69) is 0 Å². The largest absolute Gasteiger partial charge is 0.243 e. The third-order valence-electron chi connectivity index (χ3n) is 1.17. The summed E-state index contributed by atoms with van der Waals surface area (Å²) >= 11 is 1.71. The van der Waals surface area contributed by atoms with Gasteiger partial charge in [-0.25, -0.2) is 4.39 Å². The van der Waals surface area contributed by atoms with Crippen LogP contribution in [0.5, 0.6) is 0 Å². The molecule has 1 aliphatic heterocycles. The average Bonchev–Trinajstić information content (AvgIpc) is 1.84. The van der Waals surface area contributed by atoms with Gasteiger partial charge in [-0.05, 0) is 19.1 Å². The minimum absolute atomic E-state index is 0.701. The fourth-order valence-electron chi connectivity index (χ4n) is 0.642. The van der Waals surface area contributed by atoms with Crippen LogP contribution in [0, 0.1) is 0 Å². The third kappa shape index (κ3) is 1.34. The van der Waals surface area contributed by atoms with Gasteiger partial charge in [0.05, 0.1) is 0 Å². The van der Waals surface area contributed by atoms with Crippen molar-refractivity contribution in [1.29, 1.82) is 0 Å². The fourth-order valence-corrected chi connectivity index (χ4v) is 1.93. The van der Waals surface area contributed by atoms with Crippen LogP contribution in [0.3, 0.4) is 0 Å². The van der Waals surface area contributed by atoms with Crippen molar-refractivity contribution in [2.45, 2.75) is 19.0 Å². The SMILES string of the molecule is CC1(F)CCSC1. The molecule has 0 N–H and O–H groups in total. The van der Waals surface area contributed by atoms with Crippen molar-refractivity contribution >= 4 is 11.8 Å². The van der Waals surface area contributed by atoms with Crippen molar-refractivity contribution in [1.82, 2.24) is 0 Å². The maximum Gasteiger partial charge on any atom is 0.118 e. The van der Waals surface area contributed by atoms with E-state index >= 15 is 0 Å². The number of rotatable bonds is 0. The summed E-state index contributed by atoms with van der Waals surface area (Å²) in [4.78, 5) is 0. The lowest BCUT2D eigenvalue weighted by Gasteiger charge is -2.07. The molecule has 42 valence electrons. The van der Waals surface area contributed by atoms with E-state index in [1.807, 2.05) is 0 Å². The first kappa shape index (κ1) is 5.42. The summed E-state index contributed by atoms with van der Waals surface area (Å²) in [7, 11) is 0. The number of halogens is 1. The van der Waals surface area contributed by atoms with Crippen molar-refractivity contribution in [3.63, 3.8) is 0 Å². The van der Waals surface area contributed by atoms with Gasteiger partial charge in [-0.3, -0.25) is 0 Å². The molecule has 1 saturated heterocycles. The van der Waals surface area contributed by atoms with Gasteiger partial charge in [-0.1, -0.05) is 0 Å². The van der Waals surface area contributed by atoms with Crippen LogP contribution in [-0.2, 0) is 0 Å².